The second kappa shape index (κ2) is 11.9. The number of hydrogen-bond acceptors (Lipinski definition) is 4. The second-order valence-corrected chi connectivity index (χ2v) is 9.21. The van der Waals surface area contributed by atoms with Gasteiger partial charge in [0.25, 0.3) is 0 Å². The molecule has 1 aliphatic carbocycles. The number of piperazine rings is 1. The van der Waals surface area contributed by atoms with E-state index in [1.165, 1.54) is 25.8 Å². The molecule has 2 heterocycles. The fourth-order valence-corrected chi connectivity index (χ4v) is 5.30. The van der Waals surface area contributed by atoms with Gasteiger partial charge in [0.2, 0.25) is 5.91 Å². The number of carbonyl (C=O) groups excluding carboxylic acids is 1. The topological polar surface area (TPSA) is 54.4 Å². The second-order valence-electron chi connectivity index (χ2n) is 9.21. The van der Waals surface area contributed by atoms with Gasteiger partial charge in [-0.15, -0.1) is 0 Å². The van der Waals surface area contributed by atoms with Crippen LogP contribution in [-0.4, -0.2) is 111 Å². The van der Waals surface area contributed by atoms with E-state index in [4.69, 9.17) is 0 Å². The highest BCUT2D eigenvalue weighted by atomic mass is 16.2. The summed E-state index contributed by atoms with van der Waals surface area (Å²) in [5.41, 5.74) is 0. The molecule has 3 fully saturated rings. The number of rotatable bonds is 8. The van der Waals surface area contributed by atoms with Crippen molar-refractivity contribution in [3.63, 3.8) is 0 Å². The molecule has 1 atom stereocenters. The van der Waals surface area contributed by atoms with Crippen LogP contribution in [-0.2, 0) is 4.79 Å². The minimum absolute atomic E-state index is 0.313. The number of amides is 1. The molecule has 172 valence electrons. The lowest BCUT2D eigenvalue weighted by molar-refractivity contribution is -0.137. The Kier molecular flexibility index (Phi) is 9.25. The summed E-state index contributed by atoms with van der Waals surface area (Å²) in [7, 11) is 1.90. The van der Waals surface area contributed by atoms with Crippen molar-refractivity contribution in [1.82, 2.24) is 24.9 Å². The molecule has 1 amide bonds. The SMILES string of the molecule is CCN(CC)CC1CCN(C(=NC)NCCN2CCN(C(=O)C3CCCC3)CC2)C1. The van der Waals surface area contributed by atoms with Gasteiger partial charge in [0.15, 0.2) is 5.96 Å². The fraction of sp³-hybridized carbons (Fsp3) is 0.913. The zero-order valence-electron chi connectivity index (χ0n) is 19.6. The van der Waals surface area contributed by atoms with E-state index in [2.05, 4.69) is 43.8 Å². The van der Waals surface area contributed by atoms with Crippen molar-refractivity contribution >= 4 is 11.9 Å². The van der Waals surface area contributed by atoms with Gasteiger partial charge in [0.05, 0.1) is 0 Å². The van der Waals surface area contributed by atoms with Crippen molar-refractivity contribution in [3.8, 4) is 0 Å². The zero-order valence-corrected chi connectivity index (χ0v) is 19.6. The highest BCUT2D eigenvalue weighted by Crippen LogP contribution is 2.26. The molecule has 0 radical (unpaired) electrons. The molecule has 7 nitrogen and oxygen atoms in total. The van der Waals surface area contributed by atoms with Crippen LogP contribution in [0.5, 0.6) is 0 Å². The van der Waals surface area contributed by atoms with Gasteiger partial charge in [-0.1, -0.05) is 26.7 Å². The molecule has 2 aliphatic heterocycles. The summed E-state index contributed by atoms with van der Waals surface area (Å²) in [6.45, 7) is 15.9. The lowest BCUT2D eigenvalue weighted by Crippen LogP contribution is -2.52. The summed E-state index contributed by atoms with van der Waals surface area (Å²) in [6.07, 6.45) is 5.93. The first-order valence-electron chi connectivity index (χ1n) is 12.3. The highest BCUT2D eigenvalue weighted by Gasteiger charge is 2.29. The van der Waals surface area contributed by atoms with Crippen LogP contribution in [0.1, 0.15) is 46.0 Å². The highest BCUT2D eigenvalue weighted by molar-refractivity contribution is 5.80. The normalized spacial score (nSPS) is 24.3. The van der Waals surface area contributed by atoms with Crippen LogP contribution >= 0.6 is 0 Å². The molecule has 3 rings (SSSR count). The summed E-state index contributed by atoms with van der Waals surface area (Å²) in [6, 6.07) is 0. The van der Waals surface area contributed by atoms with Crippen LogP contribution in [0.25, 0.3) is 0 Å². The van der Waals surface area contributed by atoms with E-state index < -0.39 is 0 Å². The van der Waals surface area contributed by atoms with E-state index in [0.717, 1.165) is 90.2 Å². The molecule has 1 saturated carbocycles. The fourth-order valence-electron chi connectivity index (χ4n) is 5.30. The molecule has 1 unspecified atom stereocenters. The predicted octanol–water partition coefficient (Wildman–Crippen LogP) is 1.56. The van der Waals surface area contributed by atoms with E-state index in [1.807, 2.05) is 7.05 Å². The number of nitrogens with one attached hydrogen (secondary N) is 1. The van der Waals surface area contributed by atoms with Gasteiger partial charge in [-0.2, -0.15) is 0 Å². The molecular weight excluding hydrogens is 376 g/mol. The van der Waals surface area contributed by atoms with Crippen LogP contribution < -0.4 is 5.32 Å². The minimum Gasteiger partial charge on any atom is -0.355 e. The summed E-state index contributed by atoms with van der Waals surface area (Å²) < 4.78 is 0. The molecule has 7 heteroatoms. The first kappa shape index (κ1) is 23.3. The Morgan fingerprint density at radius 3 is 2.33 bits per heavy atom. The van der Waals surface area contributed by atoms with Gasteiger partial charge < -0.3 is 20.0 Å². The van der Waals surface area contributed by atoms with Crippen molar-refractivity contribution < 1.29 is 4.79 Å². The number of nitrogens with zero attached hydrogens (tertiary/aromatic N) is 5. The van der Waals surface area contributed by atoms with Crippen molar-refractivity contribution in [1.29, 1.82) is 0 Å². The molecule has 0 aromatic heterocycles. The Hall–Kier alpha value is -1.34. The maximum absolute atomic E-state index is 12.6. The van der Waals surface area contributed by atoms with E-state index >= 15 is 0 Å². The Balaban J connectivity index is 1.33. The average molecular weight is 421 g/mol. The van der Waals surface area contributed by atoms with E-state index in [9.17, 15) is 4.79 Å². The maximum atomic E-state index is 12.6. The molecule has 0 bridgehead atoms. The van der Waals surface area contributed by atoms with Gasteiger partial charge in [-0.3, -0.25) is 14.7 Å². The monoisotopic (exact) mass is 420 g/mol. The third-order valence-electron chi connectivity index (χ3n) is 7.31. The quantitative estimate of drug-likeness (QED) is 0.477. The standard InChI is InChI=1S/C23H44N6O/c1-4-26(5-2)18-20-10-12-29(19-20)23(24-3)25-11-13-27-14-16-28(17-15-27)22(30)21-8-6-7-9-21/h20-21H,4-19H2,1-3H3,(H,24,25). The van der Waals surface area contributed by atoms with Crippen LogP contribution in [0.3, 0.4) is 0 Å². The Morgan fingerprint density at radius 2 is 1.70 bits per heavy atom. The molecule has 2 saturated heterocycles. The largest absolute Gasteiger partial charge is 0.355 e. The van der Waals surface area contributed by atoms with Crippen LogP contribution in [0.2, 0.25) is 0 Å². The van der Waals surface area contributed by atoms with Crippen molar-refractivity contribution in [3.05, 3.63) is 0 Å². The smallest absolute Gasteiger partial charge is 0.225 e. The number of carbonyl (C=O) groups is 1. The number of hydrogen-bond donors (Lipinski definition) is 1. The maximum Gasteiger partial charge on any atom is 0.225 e. The van der Waals surface area contributed by atoms with Crippen molar-refractivity contribution in [2.45, 2.75) is 46.0 Å². The zero-order chi connectivity index (χ0) is 21.3. The van der Waals surface area contributed by atoms with E-state index in [-0.39, 0.29) is 0 Å². The summed E-state index contributed by atoms with van der Waals surface area (Å²) in [5, 5.41) is 3.58. The summed E-state index contributed by atoms with van der Waals surface area (Å²) in [4.78, 5) is 26.7. The van der Waals surface area contributed by atoms with E-state index in [0.29, 0.717) is 11.8 Å². The van der Waals surface area contributed by atoms with Crippen molar-refractivity contribution in [2.75, 3.05) is 79.0 Å². The van der Waals surface area contributed by atoms with Gasteiger partial charge in [0, 0.05) is 71.9 Å². The first-order chi connectivity index (χ1) is 14.6. The van der Waals surface area contributed by atoms with Crippen LogP contribution in [0, 0.1) is 11.8 Å². The molecule has 0 aromatic rings. The Bertz CT molecular complexity index is 550. The lowest BCUT2D eigenvalue weighted by atomic mass is 10.1. The molecule has 0 aromatic carbocycles. The van der Waals surface area contributed by atoms with E-state index in [1.54, 1.807) is 0 Å². The summed E-state index contributed by atoms with van der Waals surface area (Å²) >= 11 is 0. The Labute approximate surface area is 183 Å². The van der Waals surface area contributed by atoms with Crippen LogP contribution in [0.4, 0.5) is 0 Å². The molecule has 3 aliphatic rings. The Morgan fingerprint density at radius 1 is 1.00 bits per heavy atom. The average Bonchev–Trinajstić information content (AvgIpc) is 3.47. The molecule has 30 heavy (non-hydrogen) atoms. The van der Waals surface area contributed by atoms with Crippen LogP contribution in [0.15, 0.2) is 4.99 Å². The number of likely N-dealkylation sites (tertiary alicyclic amines) is 1. The van der Waals surface area contributed by atoms with Gasteiger partial charge >= 0.3 is 0 Å². The molecule has 0 spiro atoms. The summed E-state index contributed by atoms with van der Waals surface area (Å²) in [5.74, 6) is 2.52. The minimum atomic E-state index is 0.313. The molecular formula is C23H44N6O. The third kappa shape index (κ3) is 6.33. The first-order valence-corrected chi connectivity index (χ1v) is 12.3. The third-order valence-corrected chi connectivity index (χ3v) is 7.31. The predicted molar refractivity (Wildman–Crippen MR) is 124 cm³/mol. The van der Waals surface area contributed by atoms with Gasteiger partial charge in [0.1, 0.15) is 0 Å². The van der Waals surface area contributed by atoms with Crippen molar-refractivity contribution in [2.24, 2.45) is 16.8 Å². The van der Waals surface area contributed by atoms with Gasteiger partial charge in [-0.25, -0.2) is 0 Å². The van der Waals surface area contributed by atoms with Gasteiger partial charge in [-0.05, 0) is 38.3 Å². The molecule has 1 N–H and O–H groups in total. The number of aliphatic imine (C=N–C) groups is 1. The lowest BCUT2D eigenvalue weighted by Gasteiger charge is -2.36. The number of guanidine groups is 1.